The Morgan fingerprint density at radius 2 is 2.00 bits per heavy atom. The maximum absolute atomic E-state index is 12.0. The lowest BCUT2D eigenvalue weighted by molar-refractivity contribution is -0.122. The van der Waals surface area contributed by atoms with Crippen molar-refractivity contribution in [2.75, 3.05) is 6.54 Å². The normalized spacial score (nSPS) is 21.7. The average Bonchev–Trinajstić information content (AvgIpc) is 3.29. The molecule has 2 aliphatic carbocycles. The summed E-state index contributed by atoms with van der Waals surface area (Å²) in [5.41, 5.74) is 7.54. The summed E-state index contributed by atoms with van der Waals surface area (Å²) in [5.74, 6) is 0.869. The van der Waals surface area contributed by atoms with Crippen molar-refractivity contribution < 1.29 is 4.79 Å². The van der Waals surface area contributed by atoms with Crippen LogP contribution >= 0.6 is 0 Å². The summed E-state index contributed by atoms with van der Waals surface area (Å²) in [7, 11) is 0. The first-order valence-electron chi connectivity index (χ1n) is 7.27. The summed E-state index contributed by atoms with van der Waals surface area (Å²) in [6.07, 6.45) is 5.89. The number of benzene rings is 1. The third-order valence-electron chi connectivity index (χ3n) is 4.59. The van der Waals surface area contributed by atoms with Crippen molar-refractivity contribution >= 4 is 5.91 Å². The summed E-state index contributed by atoms with van der Waals surface area (Å²) >= 11 is 0. The van der Waals surface area contributed by atoms with Gasteiger partial charge in [-0.1, -0.05) is 30.3 Å². The molecule has 102 valence electrons. The summed E-state index contributed by atoms with van der Waals surface area (Å²) in [4.78, 5) is 12.0. The molecule has 1 amide bonds. The Bertz CT molecular complexity index is 449. The highest BCUT2D eigenvalue weighted by atomic mass is 16.2. The number of carbonyl (C=O) groups excluding carboxylic acids is 1. The highest BCUT2D eigenvalue weighted by molar-refractivity contribution is 5.81. The van der Waals surface area contributed by atoms with Gasteiger partial charge in [-0.25, -0.2) is 0 Å². The van der Waals surface area contributed by atoms with E-state index in [9.17, 15) is 4.79 Å². The van der Waals surface area contributed by atoms with Crippen molar-refractivity contribution in [1.29, 1.82) is 0 Å². The van der Waals surface area contributed by atoms with Gasteiger partial charge in [0.2, 0.25) is 5.91 Å². The topological polar surface area (TPSA) is 55.1 Å². The molecule has 2 aliphatic rings. The molecule has 0 heterocycles. The predicted molar refractivity (Wildman–Crippen MR) is 75.5 cm³/mol. The molecule has 1 aromatic carbocycles. The van der Waals surface area contributed by atoms with E-state index in [1.165, 1.54) is 25.7 Å². The molecule has 3 N–H and O–H groups in total. The second kappa shape index (κ2) is 4.97. The van der Waals surface area contributed by atoms with Crippen LogP contribution in [-0.2, 0) is 11.2 Å². The van der Waals surface area contributed by atoms with Gasteiger partial charge in [0.25, 0.3) is 0 Å². The maximum Gasteiger partial charge on any atom is 0.237 e. The lowest BCUT2D eigenvalue weighted by atomic mass is 10.00. The molecule has 2 fully saturated rings. The number of amides is 1. The van der Waals surface area contributed by atoms with Crippen LogP contribution in [0.1, 0.15) is 31.2 Å². The van der Waals surface area contributed by atoms with Crippen molar-refractivity contribution in [3.63, 3.8) is 0 Å². The Morgan fingerprint density at radius 1 is 1.32 bits per heavy atom. The lowest BCUT2D eigenvalue weighted by Gasteiger charge is -2.17. The van der Waals surface area contributed by atoms with Gasteiger partial charge >= 0.3 is 0 Å². The molecule has 1 aromatic rings. The Kier molecular flexibility index (Phi) is 3.31. The molecule has 1 unspecified atom stereocenters. The van der Waals surface area contributed by atoms with Crippen molar-refractivity contribution in [3.8, 4) is 0 Å². The second-order valence-electron chi connectivity index (χ2n) is 6.15. The third kappa shape index (κ3) is 2.98. The second-order valence-corrected chi connectivity index (χ2v) is 6.15. The SMILES string of the molecule is NC(Cc1ccccc1)C(=O)NCC1(C2CC2)CC1. The van der Waals surface area contributed by atoms with Crippen molar-refractivity contribution in [2.45, 2.75) is 38.1 Å². The van der Waals surface area contributed by atoms with E-state index < -0.39 is 6.04 Å². The third-order valence-corrected chi connectivity index (χ3v) is 4.59. The number of nitrogens with two attached hydrogens (primary N) is 1. The fraction of sp³-hybridized carbons (Fsp3) is 0.562. The van der Waals surface area contributed by atoms with Gasteiger partial charge in [0.05, 0.1) is 6.04 Å². The molecular weight excluding hydrogens is 236 g/mol. The predicted octanol–water partition coefficient (Wildman–Crippen LogP) is 1.86. The smallest absolute Gasteiger partial charge is 0.237 e. The Morgan fingerprint density at radius 3 is 2.58 bits per heavy atom. The minimum absolute atomic E-state index is 0.00391. The molecular formula is C16H22N2O. The van der Waals surface area contributed by atoms with E-state index in [1.54, 1.807) is 0 Å². The zero-order valence-corrected chi connectivity index (χ0v) is 11.3. The largest absolute Gasteiger partial charge is 0.354 e. The van der Waals surface area contributed by atoms with E-state index in [0.717, 1.165) is 18.0 Å². The van der Waals surface area contributed by atoms with Crippen LogP contribution in [0.4, 0.5) is 0 Å². The van der Waals surface area contributed by atoms with Crippen LogP contribution in [0.2, 0.25) is 0 Å². The van der Waals surface area contributed by atoms with Crippen molar-refractivity contribution in [2.24, 2.45) is 17.1 Å². The van der Waals surface area contributed by atoms with Crippen LogP contribution in [0.15, 0.2) is 30.3 Å². The number of rotatable bonds is 6. The van der Waals surface area contributed by atoms with Crippen LogP contribution < -0.4 is 11.1 Å². The fourth-order valence-corrected chi connectivity index (χ4v) is 2.94. The molecule has 0 spiro atoms. The van der Waals surface area contributed by atoms with Crippen LogP contribution in [0.5, 0.6) is 0 Å². The van der Waals surface area contributed by atoms with Crippen molar-refractivity contribution in [3.05, 3.63) is 35.9 Å². The molecule has 3 rings (SSSR count). The van der Waals surface area contributed by atoms with E-state index in [4.69, 9.17) is 5.73 Å². The van der Waals surface area contributed by atoms with Gasteiger partial charge in [0.1, 0.15) is 0 Å². The van der Waals surface area contributed by atoms with Crippen LogP contribution in [-0.4, -0.2) is 18.5 Å². The molecule has 0 saturated heterocycles. The molecule has 0 aliphatic heterocycles. The molecule has 1 atom stereocenters. The van der Waals surface area contributed by atoms with Crippen LogP contribution in [0, 0.1) is 11.3 Å². The van der Waals surface area contributed by atoms with Gasteiger partial charge < -0.3 is 11.1 Å². The monoisotopic (exact) mass is 258 g/mol. The molecule has 3 heteroatoms. The van der Waals surface area contributed by atoms with E-state index in [-0.39, 0.29) is 5.91 Å². The Labute approximate surface area is 114 Å². The molecule has 3 nitrogen and oxygen atoms in total. The summed E-state index contributed by atoms with van der Waals surface area (Å²) in [6.45, 7) is 0.832. The highest BCUT2D eigenvalue weighted by Crippen LogP contribution is 2.60. The Balaban J connectivity index is 1.47. The van der Waals surface area contributed by atoms with E-state index in [2.05, 4.69) is 5.32 Å². The summed E-state index contributed by atoms with van der Waals surface area (Å²) in [6, 6.07) is 9.52. The standard InChI is InChI=1S/C16H22N2O/c17-14(10-12-4-2-1-3-5-12)15(19)18-11-16(8-9-16)13-6-7-13/h1-5,13-14H,6-11,17H2,(H,18,19). The summed E-state index contributed by atoms with van der Waals surface area (Å²) in [5, 5.41) is 3.06. The van der Waals surface area contributed by atoms with Gasteiger partial charge in [-0.3, -0.25) is 4.79 Å². The maximum atomic E-state index is 12.0. The zero-order chi connectivity index (χ0) is 13.3. The number of carbonyl (C=O) groups is 1. The molecule has 0 aromatic heterocycles. The minimum atomic E-state index is -0.433. The number of nitrogens with one attached hydrogen (secondary N) is 1. The number of hydrogen-bond donors (Lipinski definition) is 2. The minimum Gasteiger partial charge on any atom is -0.354 e. The van der Waals surface area contributed by atoms with Gasteiger partial charge in [-0.2, -0.15) is 0 Å². The zero-order valence-electron chi connectivity index (χ0n) is 11.3. The lowest BCUT2D eigenvalue weighted by Crippen LogP contribution is -2.44. The molecule has 0 radical (unpaired) electrons. The first-order valence-corrected chi connectivity index (χ1v) is 7.27. The van der Waals surface area contributed by atoms with Crippen molar-refractivity contribution in [1.82, 2.24) is 5.32 Å². The summed E-state index contributed by atoms with van der Waals surface area (Å²) < 4.78 is 0. The van der Waals surface area contributed by atoms with Gasteiger partial charge in [0.15, 0.2) is 0 Å². The van der Waals surface area contributed by atoms with Gasteiger partial charge in [-0.05, 0) is 49.0 Å². The van der Waals surface area contributed by atoms with E-state index in [1.807, 2.05) is 30.3 Å². The Hall–Kier alpha value is -1.35. The van der Waals surface area contributed by atoms with Gasteiger partial charge in [0, 0.05) is 6.54 Å². The van der Waals surface area contributed by atoms with Gasteiger partial charge in [-0.15, -0.1) is 0 Å². The first kappa shape index (κ1) is 12.7. The van der Waals surface area contributed by atoms with Crippen LogP contribution in [0.25, 0.3) is 0 Å². The quantitative estimate of drug-likeness (QED) is 0.818. The molecule has 19 heavy (non-hydrogen) atoms. The van der Waals surface area contributed by atoms with E-state index in [0.29, 0.717) is 11.8 Å². The number of hydrogen-bond acceptors (Lipinski definition) is 2. The highest BCUT2D eigenvalue weighted by Gasteiger charge is 2.53. The molecule has 2 saturated carbocycles. The first-order chi connectivity index (χ1) is 9.20. The average molecular weight is 258 g/mol. The van der Waals surface area contributed by atoms with Crippen LogP contribution in [0.3, 0.4) is 0 Å². The molecule has 0 bridgehead atoms. The fourth-order valence-electron chi connectivity index (χ4n) is 2.94. The van der Waals surface area contributed by atoms with E-state index >= 15 is 0 Å².